The van der Waals surface area contributed by atoms with Crippen LogP contribution in [0.1, 0.15) is 17.3 Å². The van der Waals surface area contributed by atoms with Crippen LogP contribution in [-0.2, 0) is 4.74 Å². The second kappa shape index (κ2) is 8.83. The van der Waals surface area contributed by atoms with Gasteiger partial charge in [0, 0.05) is 25.8 Å². The number of carbonyl (C=O) groups is 1. The minimum absolute atomic E-state index is 0.179. The van der Waals surface area contributed by atoms with Crippen LogP contribution >= 0.6 is 11.3 Å². The summed E-state index contributed by atoms with van der Waals surface area (Å²) in [6, 6.07) is 13.0. The standard InChI is InChI=1S/C20H23N3O3S/c1-4-23(12-13-25-2)15-10-11-16(26-3)17-18(15)27-20(21-17)22-19(24)14-8-6-5-7-9-14/h5-11H,4,12-13H2,1-3H3,(H,21,22,24). The molecule has 0 fully saturated rings. The van der Waals surface area contributed by atoms with E-state index < -0.39 is 0 Å². The number of nitrogens with one attached hydrogen (secondary N) is 1. The Labute approximate surface area is 162 Å². The first-order valence-electron chi connectivity index (χ1n) is 8.75. The van der Waals surface area contributed by atoms with E-state index in [9.17, 15) is 4.79 Å². The summed E-state index contributed by atoms with van der Waals surface area (Å²) in [5, 5.41) is 3.44. The summed E-state index contributed by atoms with van der Waals surface area (Å²) in [5.41, 5.74) is 2.40. The molecule has 0 aliphatic rings. The normalized spacial score (nSPS) is 10.8. The predicted octanol–water partition coefficient (Wildman–Crippen LogP) is 4.03. The summed E-state index contributed by atoms with van der Waals surface area (Å²) in [6.45, 7) is 4.36. The largest absolute Gasteiger partial charge is 0.494 e. The Bertz CT molecular complexity index is 911. The van der Waals surface area contributed by atoms with Crippen molar-refractivity contribution in [2.75, 3.05) is 44.1 Å². The van der Waals surface area contributed by atoms with E-state index >= 15 is 0 Å². The van der Waals surface area contributed by atoms with E-state index in [0.29, 0.717) is 23.1 Å². The molecule has 0 aliphatic heterocycles. The third-order valence-electron chi connectivity index (χ3n) is 4.25. The van der Waals surface area contributed by atoms with Crippen LogP contribution in [0.4, 0.5) is 10.8 Å². The van der Waals surface area contributed by atoms with Gasteiger partial charge in [-0.1, -0.05) is 29.5 Å². The van der Waals surface area contributed by atoms with Crippen LogP contribution in [0, 0.1) is 0 Å². The highest BCUT2D eigenvalue weighted by Crippen LogP contribution is 2.39. The maximum absolute atomic E-state index is 12.5. The number of thiazole rings is 1. The number of nitrogens with zero attached hydrogens (tertiary/aromatic N) is 2. The lowest BCUT2D eigenvalue weighted by Gasteiger charge is -2.23. The molecule has 0 radical (unpaired) electrons. The summed E-state index contributed by atoms with van der Waals surface area (Å²) in [7, 11) is 3.32. The van der Waals surface area contributed by atoms with Gasteiger partial charge in [0.25, 0.3) is 5.91 Å². The lowest BCUT2D eigenvalue weighted by Crippen LogP contribution is -2.26. The molecule has 0 aliphatic carbocycles. The van der Waals surface area contributed by atoms with Gasteiger partial charge in [-0.3, -0.25) is 10.1 Å². The molecule has 7 heteroatoms. The molecule has 0 saturated heterocycles. The van der Waals surface area contributed by atoms with Crippen molar-refractivity contribution < 1.29 is 14.3 Å². The van der Waals surface area contributed by atoms with E-state index in [1.54, 1.807) is 26.4 Å². The van der Waals surface area contributed by atoms with Gasteiger partial charge in [-0.2, -0.15) is 0 Å². The number of likely N-dealkylation sites (N-methyl/N-ethyl adjacent to an activating group) is 1. The molecule has 0 unspecified atom stereocenters. The topological polar surface area (TPSA) is 63.7 Å². The number of methoxy groups -OCH3 is 2. The van der Waals surface area contributed by atoms with E-state index in [2.05, 4.69) is 22.1 Å². The SMILES string of the molecule is CCN(CCOC)c1ccc(OC)c2nc(NC(=O)c3ccccc3)sc12. The van der Waals surface area contributed by atoms with E-state index in [1.807, 2.05) is 30.3 Å². The molecule has 1 amide bonds. The Kier molecular flexibility index (Phi) is 6.26. The first-order chi connectivity index (χ1) is 13.2. The van der Waals surface area contributed by atoms with Crippen molar-refractivity contribution in [2.24, 2.45) is 0 Å². The van der Waals surface area contributed by atoms with Crippen molar-refractivity contribution in [1.29, 1.82) is 0 Å². The third kappa shape index (κ3) is 4.20. The molecule has 3 rings (SSSR count). The number of carbonyl (C=O) groups excluding carboxylic acids is 1. The number of rotatable bonds is 8. The smallest absolute Gasteiger partial charge is 0.257 e. The van der Waals surface area contributed by atoms with Crippen molar-refractivity contribution >= 4 is 38.3 Å². The third-order valence-corrected chi connectivity index (χ3v) is 5.24. The van der Waals surface area contributed by atoms with Crippen molar-refractivity contribution in [1.82, 2.24) is 4.98 Å². The Morgan fingerprint density at radius 2 is 1.96 bits per heavy atom. The Balaban J connectivity index is 1.96. The van der Waals surface area contributed by atoms with Gasteiger partial charge >= 0.3 is 0 Å². The minimum atomic E-state index is -0.179. The van der Waals surface area contributed by atoms with Crippen LogP contribution in [-0.4, -0.2) is 44.8 Å². The first kappa shape index (κ1) is 19.1. The number of aromatic nitrogens is 1. The Morgan fingerprint density at radius 1 is 1.19 bits per heavy atom. The van der Waals surface area contributed by atoms with Crippen LogP contribution in [0.15, 0.2) is 42.5 Å². The second-order valence-corrected chi connectivity index (χ2v) is 6.88. The van der Waals surface area contributed by atoms with Gasteiger partial charge in [-0.05, 0) is 31.2 Å². The zero-order valence-corrected chi connectivity index (χ0v) is 16.5. The minimum Gasteiger partial charge on any atom is -0.494 e. The first-order valence-corrected chi connectivity index (χ1v) is 9.57. The fourth-order valence-corrected chi connectivity index (χ4v) is 3.87. The predicted molar refractivity (Wildman–Crippen MR) is 110 cm³/mol. The van der Waals surface area contributed by atoms with Crippen LogP contribution < -0.4 is 15.0 Å². The molecule has 142 valence electrons. The van der Waals surface area contributed by atoms with Gasteiger partial charge < -0.3 is 14.4 Å². The van der Waals surface area contributed by atoms with Crippen molar-refractivity contribution in [3.63, 3.8) is 0 Å². The summed E-state index contributed by atoms with van der Waals surface area (Å²) in [6.07, 6.45) is 0. The second-order valence-electron chi connectivity index (χ2n) is 5.88. The molecule has 3 aromatic rings. The molecular formula is C20H23N3O3S. The molecule has 1 heterocycles. The fraction of sp³-hybridized carbons (Fsp3) is 0.300. The molecule has 0 spiro atoms. The van der Waals surface area contributed by atoms with Gasteiger partial charge in [-0.25, -0.2) is 4.98 Å². The van der Waals surface area contributed by atoms with Crippen LogP contribution in [0.25, 0.3) is 10.2 Å². The van der Waals surface area contributed by atoms with Gasteiger partial charge in [0.2, 0.25) is 0 Å². The monoisotopic (exact) mass is 385 g/mol. The average molecular weight is 385 g/mol. The molecule has 0 atom stereocenters. The van der Waals surface area contributed by atoms with E-state index in [0.717, 1.165) is 29.0 Å². The van der Waals surface area contributed by atoms with Gasteiger partial charge in [-0.15, -0.1) is 0 Å². The zero-order chi connectivity index (χ0) is 19.2. The van der Waals surface area contributed by atoms with Crippen molar-refractivity contribution in [3.05, 3.63) is 48.0 Å². The highest BCUT2D eigenvalue weighted by atomic mass is 32.1. The zero-order valence-electron chi connectivity index (χ0n) is 15.7. The molecule has 2 aromatic carbocycles. The molecule has 0 bridgehead atoms. The van der Waals surface area contributed by atoms with Crippen molar-refractivity contribution in [3.8, 4) is 5.75 Å². The van der Waals surface area contributed by atoms with E-state index in [1.165, 1.54) is 11.3 Å². The van der Waals surface area contributed by atoms with Gasteiger partial charge in [0.05, 0.1) is 24.1 Å². The van der Waals surface area contributed by atoms with Gasteiger partial charge in [0.1, 0.15) is 11.3 Å². The lowest BCUT2D eigenvalue weighted by atomic mass is 10.2. The number of fused-ring (bicyclic) bond motifs is 1. The van der Waals surface area contributed by atoms with E-state index in [4.69, 9.17) is 9.47 Å². The summed E-state index contributed by atoms with van der Waals surface area (Å²) in [4.78, 5) is 19.3. The quantitative estimate of drug-likeness (QED) is 0.634. The molecule has 6 nitrogen and oxygen atoms in total. The molecule has 1 N–H and O–H groups in total. The van der Waals surface area contributed by atoms with Crippen LogP contribution in [0.2, 0.25) is 0 Å². The number of hydrogen-bond acceptors (Lipinski definition) is 6. The molecule has 1 aromatic heterocycles. The molecular weight excluding hydrogens is 362 g/mol. The number of ether oxygens (including phenoxy) is 2. The number of anilines is 2. The van der Waals surface area contributed by atoms with Crippen LogP contribution in [0.3, 0.4) is 0 Å². The Morgan fingerprint density at radius 3 is 2.63 bits per heavy atom. The molecule has 27 heavy (non-hydrogen) atoms. The van der Waals surface area contributed by atoms with Crippen LogP contribution in [0.5, 0.6) is 5.75 Å². The van der Waals surface area contributed by atoms with Gasteiger partial charge in [0.15, 0.2) is 5.13 Å². The highest BCUT2D eigenvalue weighted by molar-refractivity contribution is 7.23. The Hall–Kier alpha value is -2.64. The summed E-state index contributed by atoms with van der Waals surface area (Å²) >= 11 is 1.45. The maximum Gasteiger partial charge on any atom is 0.257 e. The molecule has 0 saturated carbocycles. The number of amides is 1. The number of hydrogen-bond donors (Lipinski definition) is 1. The number of benzene rings is 2. The fourth-order valence-electron chi connectivity index (χ4n) is 2.85. The average Bonchev–Trinajstić information content (AvgIpc) is 3.12. The summed E-state index contributed by atoms with van der Waals surface area (Å²) in [5.74, 6) is 0.509. The highest BCUT2D eigenvalue weighted by Gasteiger charge is 2.18. The maximum atomic E-state index is 12.5. The lowest BCUT2D eigenvalue weighted by molar-refractivity contribution is 0.102. The van der Waals surface area contributed by atoms with Crippen molar-refractivity contribution in [2.45, 2.75) is 6.92 Å². The summed E-state index contributed by atoms with van der Waals surface area (Å²) < 4.78 is 11.7. The van der Waals surface area contributed by atoms with E-state index in [-0.39, 0.29) is 5.91 Å².